The quantitative estimate of drug-likeness (QED) is 0.675. The van der Waals surface area contributed by atoms with E-state index in [0.717, 1.165) is 4.90 Å². The molecule has 0 fully saturated rings. The molecule has 2 N–H and O–H groups in total. The van der Waals surface area contributed by atoms with E-state index in [-0.39, 0.29) is 17.7 Å². The van der Waals surface area contributed by atoms with Gasteiger partial charge in [-0.05, 0) is 6.07 Å². The third kappa shape index (κ3) is 2.62. The van der Waals surface area contributed by atoms with Gasteiger partial charge in [0.1, 0.15) is 18.8 Å². The molecule has 2 rings (SSSR count). The number of imide groups is 1. The molecule has 0 bridgehead atoms. The van der Waals surface area contributed by atoms with Gasteiger partial charge in [-0.25, -0.2) is 0 Å². The Hall–Kier alpha value is -2.64. The summed E-state index contributed by atoms with van der Waals surface area (Å²) in [6.45, 7) is -1.07. The maximum absolute atomic E-state index is 11.9. The number of furan rings is 1. The first-order valence-corrected chi connectivity index (χ1v) is 5.38. The SMILES string of the molecule is O=C(O)CNC(=O)CN1C(=O)Cc2occc2C1=O. The van der Waals surface area contributed by atoms with Crippen LogP contribution in [0.1, 0.15) is 16.1 Å². The molecule has 8 heteroatoms. The van der Waals surface area contributed by atoms with Gasteiger partial charge in [-0.2, -0.15) is 0 Å². The Morgan fingerprint density at radius 2 is 2.16 bits per heavy atom. The van der Waals surface area contributed by atoms with Crippen molar-refractivity contribution in [3.63, 3.8) is 0 Å². The summed E-state index contributed by atoms with van der Waals surface area (Å²) in [4.78, 5) is 46.1. The molecule has 2 heterocycles. The Morgan fingerprint density at radius 1 is 1.42 bits per heavy atom. The molecule has 100 valence electrons. The van der Waals surface area contributed by atoms with Gasteiger partial charge in [0.05, 0.1) is 18.2 Å². The summed E-state index contributed by atoms with van der Waals surface area (Å²) >= 11 is 0. The second-order valence-corrected chi connectivity index (χ2v) is 3.89. The molecule has 1 aromatic rings. The van der Waals surface area contributed by atoms with Crippen LogP contribution in [0.15, 0.2) is 16.7 Å². The molecule has 0 saturated heterocycles. The standard InChI is InChI=1S/C11H10N2O6/c14-8(12-4-10(16)17)5-13-9(15)3-7-6(11(13)18)1-2-19-7/h1-2H,3-5H2,(H,12,14)(H,16,17). The molecule has 8 nitrogen and oxygen atoms in total. The van der Waals surface area contributed by atoms with Crippen molar-refractivity contribution in [2.45, 2.75) is 6.42 Å². The fourth-order valence-electron chi connectivity index (χ4n) is 1.69. The molecular weight excluding hydrogens is 256 g/mol. The van der Waals surface area contributed by atoms with Gasteiger partial charge in [-0.15, -0.1) is 0 Å². The van der Waals surface area contributed by atoms with Crippen molar-refractivity contribution in [3.05, 3.63) is 23.7 Å². The van der Waals surface area contributed by atoms with Crippen molar-refractivity contribution in [2.24, 2.45) is 0 Å². The van der Waals surface area contributed by atoms with Gasteiger partial charge in [0.2, 0.25) is 11.8 Å². The van der Waals surface area contributed by atoms with Crippen molar-refractivity contribution >= 4 is 23.7 Å². The van der Waals surface area contributed by atoms with E-state index in [0.29, 0.717) is 0 Å². The van der Waals surface area contributed by atoms with Gasteiger partial charge in [0, 0.05) is 0 Å². The molecular formula is C11H10N2O6. The highest BCUT2D eigenvalue weighted by molar-refractivity contribution is 6.10. The number of fused-ring (bicyclic) bond motifs is 1. The lowest BCUT2D eigenvalue weighted by Crippen LogP contribution is -2.47. The van der Waals surface area contributed by atoms with E-state index in [9.17, 15) is 19.2 Å². The van der Waals surface area contributed by atoms with Crippen LogP contribution in [-0.2, 0) is 20.8 Å². The Bertz CT molecular complexity index is 561. The smallest absolute Gasteiger partial charge is 0.322 e. The topological polar surface area (TPSA) is 117 Å². The number of nitrogens with one attached hydrogen (secondary N) is 1. The van der Waals surface area contributed by atoms with Crippen molar-refractivity contribution < 1.29 is 28.7 Å². The first kappa shape index (κ1) is 12.8. The summed E-state index contributed by atoms with van der Waals surface area (Å²) in [7, 11) is 0. The number of carbonyl (C=O) groups is 4. The summed E-state index contributed by atoms with van der Waals surface area (Å²) < 4.78 is 4.98. The fourth-order valence-corrected chi connectivity index (χ4v) is 1.69. The van der Waals surface area contributed by atoms with Crippen molar-refractivity contribution in [2.75, 3.05) is 13.1 Å². The Labute approximate surface area is 107 Å². The van der Waals surface area contributed by atoms with E-state index in [2.05, 4.69) is 5.32 Å². The van der Waals surface area contributed by atoms with Crippen LogP contribution >= 0.6 is 0 Å². The molecule has 19 heavy (non-hydrogen) atoms. The summed E-state index contributed by atoms with van der Waals surface area (Å²) in [6.07, 6.45) is 1.20. The van der Waals surface area contributed by atoms with Crippen LogP contribution in [0, 0.1) is 0 Å². The number of amides is 3. The molecule has 3 amide bonds. The van der Waals surface area contributed by atoms with Crippen molar-refractivity contribution in [3.8, 4) is 0 Å². The molecule has 0 aliphatic carbocycles. The zero-order chi connectivity index (χ0) is 14.0. The number of carbonyl (C=O) groups excluding carboxylic acids is 3. The highest BCUT2D eigenvalue weighted by Gasteiger charge is 2.34. The summed E-state index contributed by atoms with van der Waals surface area (Å²) in [5.41, 5.74) is 0.241. The Morgan fingerprint density at radius 3 is 2.84 bits per heavy atom. The largest absolute Gasteiger partial charge is 0.480 e. The third-order valence-corrected chi connectivity index (χ3v) is 2.57. The van der Waals surface area contributed by atoms with E-state index in [1.165, 1.54) is 12.3 Å². The lowest BCUT2D eigenvalue weighted by molar-refractivity contribution is -0.138. The van der Waals surface area contributed by atoms with Crippen LogP contribution in [0.4, 0.5) is 0 Å². The first-order chi connectivity index (χ1) is 8.99. The van der Waals surface area contributed by atoms with Crippen LogP contribution < -0.4 is 5.32 Å². The predicted molar refractivity (Wildman–Crippen MR) is 59.1 cm³/mol. The van der Waals surface area contributed by atoms with Gasteiger partial charge in [-0.3, -0.25) is 24.1 Å². The van der Waals surface area contributed by atoms with Crippen molar-refractivity contribution in [1.82, 2.24) is 10.2 Å². The number of rotatable bonds is 4. The molecule has 0 aromatic carbocycles. The van der Waals surface area contributed by atoms with Gasteiger partial charge in [0.25, 0.3) is 5.91 Å². The van der Waals surface area contributed by atoms with E-state index in [4.69, 9.17) is 9.52 Å². The highest BCUT2D eigenvalue weighted by atomic mass is 16.4. The number of carboxylic acid groups (broad SMARTS) is 1. The minimum atomic E-state index is -1.21. The Kier molecular flexibility index (Phi) is 3.32. The molecule has 1 aliphatic rings. The average Bonchev–Trinajstić information content (AvgIpc) is 2.80. The number of carboxylic acids is 1. The lowest BCUT2D eigenvalue weighted by atomic mass is 10.1. The van der Waals surface area contributed by atoms with Gasteiger partial charge in [0.15, 0.2) is 0 Å². The van der Waals surface area contributed by atoms with Gasteiger partial charge in [-0.1, -0.05) is 0 Å². The minimum absolute atomic E-state index is 0.0969. The molecule has 1 aliphatic heterocycles. The monoisotopic (exact) mass is 266 g/mol. The van der Waals surface area contributed by atoms with E-state index < -0.39 is 36.8 Å². The lowest BCUT2D eigenvalue weighted by Gasteiger charge is -2.23. The molecule has 0 radical (unpaired) electrons. The third-order valence-electron chi connectivity index (χ3n) is 2.57. The summed E-state index contributed by atoms with van der Waals surface area (Å²) in [5.74, 6) is -2.82. The van der Waals surface area contributed by atoms with Crippen LogP contribution in [0.2, 0.25) is 0 Å². The fraction of sp³-hybridized carbons (Fsp3) is 0.273. The van der Waals surface area contributed by atoms with E-state index >= 15 is 0 Å². The van der Waals surface area contributed by atoms with E-state index in [1.807, 2.05) is 0 Å². The first-order valence-electron chi connectivity index (χ1n) is 5.38. The Balaban J connectivity index is 2.05. The van der Waals surface area contributed by atoms with Crippen LogP contribution in [0.3, 0.4) is 0 Å². The molecule has 0 atom stereocenters. The van der Waals surface area contributed by atoms with Gasteiger partial charge < -0.3 is 14.8 Å². The molecule has 0 spiro atoms. The van der Waals surface area contributed by atoms with Crippen LogP contribution in [-0.4, -0.2) is 46.8 Å². The summed E-state index contributed by atoms with van der Waals surface area (Å²) in [5, 5.41) is 10.5. The summed E-state index contributed by atoms with van der Waals surface area (Å²) in [6, 6.07) is 1.42. The molecule has 0 saturated carbocycles. The normalized spacial score (nSPS) is 14.2. The zero-order valence-corrected chi connectivity index (χ0v) is 9.71. The van der Waals surface area contributed by atoms with Gasteiger partial charge >= 0.3 is 5.97 Å². The average molecular weight is 266 g/mol. The second kappa shape index (κ2) is 4.92. The second-order valence-electron chi connectivity index (χ2n) is 3.89. The molecule has 1 aromatic heterocycles. The maximum atomic E-state index is 11.9. The maximum Gasteiger partial charge on any atom is 0.322 e. The zero-order valence-electron chi connectivity index (χ0n) is 9.71. The van der Waals surface area contributed by atoms with E-state index in [1.54, 1.807) is 0 Å². The predicted octanol–water partition coefficient (Wildman–Crippen LogP) is -0.995. The van der Waals surface area contributed by atoms with Crippen LogP contribution in [0.5, 0.6) is 0 Å². The number of nitrogens with zero attached hydrogens (tertiary/aromatic N) is 1. The van der Waals surface area contributed by atoms with Crippen molar-refractivity contribution in [1.29, 1.82) is 0 Å². The molecule has 0 unspecified atom stereocenters. The van der Waals surface area contributed by atoms with Crippen LogP contribution in [0.25, 0.3) is 0 Å². The number of hydrogen-bond acceptors (Lipinski definition) is 5. The minimum Gasteiger partial charge on any atom is -0.480 e. The number of hydrogen-bond donors (Lipinski definition) is 2. The number of aliphatic carboxylic acids is 1. The highest BCUT2D eigenvalue weighted by Crippen LogP contribution is 2.20.